The minimum atomic E-state index is -0.612. The van der Waals surface area contributed by atoms with Gasteiger partial charge in [-0.25, -0.2) is 0 Å². The molecule has 6 nitrogen and oxygen atoms in total. The third-order valence-electron chi connectivity index (χ3n) is 3.79. The van der Waals surface area contributed by atoms with Gasteiger partial charge >= 0.3 is 5.97 Å². The van der Waals surface area contributed by atoms with E-state index in [0.717, 1.165) is 24.2 Å². The molecule has 1 amide bonds. The number of hydrogen-bond donors (Lipinski definition) is 1. The van der Waals surface area contributed by atoms with E-state index in [9.17, 15) is 9.59 Å². The van der Waals surface area contributed by atoms with Crippen LogP contribution in [0.3, 0.4) is 0 Å². The number of likely N-dealkylation sites (N-methyl/N-ethyl adjacent to an activating group) is 1. The smallest absolute Gasteiger partial charge is 0.324 e. The van der Waals surface area contributed by atoms with E-state index in [1.165, 1.54) is 4.90 Å². The van der Waals surface area contributed by atoms with Gasteiger partial charge in [-0.05, 0) is 51.3 Å². The van der Waals surface area contributed by atoms with Crippen LogP contribution in [0.25, 0.3) is 0 Å². The zero-order valence-electron chi connectivity index (χ0n) is 17.5. The second-order valence-corrected chi connectivity index (χ2v) is 7.81. The molecule has 0 bridgehead atoms. The molecule has 1 rings (SSSR count). The summed E-state index contributed by atoms with van der Waals surface area (Å²) in [5.41, 5.74) is 0.359. The first kappa shape index (κ1) is 23.0. The predicted molar refractivity (Wildman–Crippen MR) is 107 cm³/mol. The maximum Gasteiger partial charge on any atom is 0.324 e. The highest BCUT2D eigenvalue weighted by atomic mass is 16.6. The lowest BCUT2D eigenvalue weighted by Gasteiger charge is -2.25. The molecule has 0 aliphatic heterocycles. The van der Waals surface area contributed by atoms with Gasteiger partial charge in [0.25, 0.3) is 0 Å². The van der Waals surface area contributed by atoms with Gasteiger partial charge < -0.3 is 14.4 Å². The quantitative estimate of drug-likeness (QED) is 0.501. The number of hydrogen-bond acceptors (Lipinski definition) is 5. The molecule has 1 unspecified atom stereocenters. The van der Waals surface area contributed by atoms with E-state index in [4.69, 9.17) is 9.47 Å². The largest absolute Gasteiger partial charge is 0.494 e. The van der Waals surface area contributed by atoms with Crippen LogP contribution in [0, 0.1) is 0 Å². The summed E-state index contributed by atoms with van der Waals surface area (Å²) in [5, 5.41) is 3.04. The first-order chi connectivity index (χ1) is 12.6. The number of ether oxygens (including phenoxy) is 2. The number of unbranched alkanes of at least 4 members (excludes halogenated alkanes) is 1. The minimum Gasteiger partial charge on any atom is -0.494 e. The van der Waals surface area contributed by atoms with Crippen LogP contribution in [0.15, 0.2) is 24.3 Å². The van der Waals surface area contributed by atoms with Crippen LogP contribution in [0.2, 0.25) is 0 Å². The lowest BCUT2D eigenvalue weighted by Crippen LogP contribution is -2.46. The Hall–Kier alpha value is -2.08. The molecule has 0 fully saturated rings. The van der Waals surface area contributed by atoms with E-state index >= 15 is 0 Å². The zero-order valence-corrected chi connectivity index (χ0v) is 17.5. The summed E-state index contributed by atoms with van der Waals surface area (Å²) in [6, 6.07) is 7.08. The standard InChI is InChI=1S/C21H34N2O4/c1-7-8-12-26-17-11-9-10-16(13-17)14-18(20(25)27-21(2,3)4)22-15-19(24)23(5)6/h9-11,13,18,22H,7-8,12,14-15H2,1-6H3. The maximum absolute atomic E-state index is 12.6. The highest BCUT2D eigenvalue weighted by molar-refractivity contribution is 5.80. The highest BCUT2D eigenvalue weighted by Crippen LogP contribution is 2.17. The summed E-state index contributed by atoms with van der Waals surface area (Å²) in [7, 11) is 3.37. The molecule has 0 saturated carbocycles. The SMILES string of the molecule is CCCCOc1cccc(CC(NCC(=O)N(C)C)C(=O)OC(C)(C)C)c1. The average molecular weight is 379 g/mol. The summed E-state index contributed by atoms with van der Waals surface area (Å²) >= 11 is 0. The van der Waals surface area contributed by atoms with Crippen LogP contribution in [0.4, 0.5) is 0 Å². The summed E-state index contributed by atoms with van der Waals surface area (Å²) < 4.78 is 11.3. The van der Waals surface area contributed by atoms with Crippen LogP contribution in [0.1, 0.15) is 46.1 Å². The Morgan fingerprint density at radius 2 is 1.93 bits per heavy atom. The van der Waals surface area contributed by atoms with E-state index in [2.05, 4.69) is 12.2 Å². The Morgan fingerprint density at radius 1 is 1.22 bits per heavy atom. The van der Waals surface area contributed by atoms with E-state index in [0.29, 0.717) is 13.0 Å². The Balaban J connectivity index is 2.84. The molecular weight excluding hydrogens is 344 g/mol. The third-order valence-corrected chi connectivity index (χ3v) is 3.79. The Bertz CT molecular complexity index is 608. The number of rotatable bonds is 10. The molecule has 27 heavy (non-hydrogen) atoms. The number of esters is 1. The van der Waals surface area contributed by atoms with Gasteiger partial charge in [-0.2, -0.15) is 0 Å². The Labute approximate surface area is 163 Å². The number of carbonyl (C=O) groups excluding carboxylic acids is 2. The van der Waals surface area contributed by atoms with Crippen LogP contribution < -0.4 is 10.1 Å². The molecule has 0 spiro atoms. The predicted octanol–water partition coefficient (Wildman–Crippen LogP) is 2.80. The summed E-state index contributed by atoms with van der Waals surface area (Å²) in [5.74, 6) is 0.319. The molecule has 0 saturated heterocycles. The van der Waals surface area contributed by atoms with Crippen molar-refractivity contribution in [1.29, 1.82) is 0 Å². The van der Waals surface area contributed by atoms with Crippen molar-refractivity contribution in [2.45, 2.75) is 58.6 Å². The van der Waals surface area contributed by atoms with Crippen LogP contribution in [-0.2, 0) is 20.7 Å². The fourth-order valence-corrected chi connectivity index (χ4v) is 2.31. The zero-order chi connectivity index (χ0) is 20.4. The third kappa shape index (κ3) is 9.43. The first-order valence-corrected chi connectivity index (χ1v) is 9.50. The van der Waals surface area contributed by atoms with Gasteiger partial charge in [0.05, 0.1) is 13.2 Å². The number of nitrogens with zero attached hydrogens (tertiary/aromatic N) is 1. The van der Waals surface area contributed by atoms with Gasteiger partial charge in [0.15, 0.2) is 0 Å². The monoisotopic (exact) mass is 378 g/mol. The van der Waals surface area contributed by atoms with Crippen molar-refractivity contribution < 1.29 is 19.1 Å². The van der Waals surface area contributed by atoms with E-state index < -0.39 is 11.6 Å². The molecule has 0 radical (unpaired) electrons. The van der Waals surface area contributed by atoms with Gasteiger partial charge in [0.1, 0.15) is 17.4 Å². The Morgan fingerprint density at radius 3 is 2.52 bits per heavy atom. The van der Waals surface area contributed by atoms with Gasteiger partial charge in [-0.1, -0.05) is 25.5 Å². The number of nitrogens with one attached hydrogen (secondary N) is 1. The fourth-order valence-electron chi connectivity index (χ4n) is 2.31. The summed E-state index contributed by atoms with van der Waals surface area (Å²) in [6.45, 7) is 8.35. The molecule has 0 heterocycles. The van der Waals surface area contributed by atoms with Gasteiger partial charge in [-0.3, -0.25) is 14.9 Å². The molecule has 1 aromatic rings. The second-order valence-electron chi connectivity index (χ2n) is 7.81. The van der Waals surface area contributed by atoms with Crippen molar-refractivity contribution in [3.8, 4) is 5.75 Å². The van der Waals surface area contributed by atoms with Crippen molar-refractivity contribution in [2.75, 3.05) is 27.2 Å². The molecule has 1 N–H and O–H groups in total. The number of amides is 1. The molecule has 6 heteroatoms. The highest BCUT2D eigenvalue weighted by Gasteiger charge is 2.26. The van der Waals surface area contributed by atoms with Crippen molar-refractivity contribution >= 4 is 11.9 Å². The summed E-state index contributed by atoms with van der Waals surface area (Å²) in [6.07, 6.45) is 2.49. The average Bonchev–Trinajstić information content (AvgIpc) is 2.57. The van der Waals surface area contributed by atoms with Crippen molar-refractivity contribution in [2.24, 2.45) is 0 Å². The van der Waals surface area contributed by atoms with Crippen molar-refractivity contribution in [3.05, 3.63) is 29.8 Å². The Kier molecular flexibility index (Phi) is 9.29. The molecule has 0 aliphatic carbocycles. The van der Waals surface area contributed by atoms with Crippen molar-refractivity contribution in [3.63, 3.8) is 0 Å². The molecule has 1 atom stereocenters. The molecule has 152 valence electrons. The van der Waals surface area contributed by atoms with E-state index in [-0.39, 0.29) is 18.4 Å². The summed E-state index contributed by atoms with van der Waals surface area (Å²) in [4.78, 5) is 26.0. The minimum absolute atomic E-state index is 0.0730. The molecule has 0 aromatic heterocycles. The number of benzene rings is 1. The molecule has 0 aliphatic rings. The lowest BCUT2D eigenvalue weighted by molar-refractivity contribution is -0.157. The van der Waals surface area contributed by atoms with Gasteiger partial charge in [0.2, 0.25) is 5.91 Å². The molecular formula is C21H34N2O4. The van der Waals surface area contributed by atoms with E-state index in [1.54, 1.807) is 14.1 Å². The lowest BCUT2D eigenvalue weighted by atomic mass is 10.0. The van der Waals surface area contributed by atoms with E-state index in [1.807, 2.05) is 45.0 Å². The second kappa shape index (κ2) is 10.9. The maximum atomic E-state index is 12.6. The van der Waals surface area contributed by atoms with Gasteiger partial charge in [-0.15, -0.1) is 0 Å². The van der Waals surface area contributed by atoms with Crippen molar-refractivity contribution in [1.82, 2.24) is 10.2 Å². The van der Waals surface area contributed by atoms with Gasteiger partial charge in [0, 0.05) is 14.1 Å². The first-order valence-electron chi connectivity index (χ1n) is 9.50. The van der Waals surface area contributed by atoms with Crippen LogP contribution in [0.5, 0.6) is 5.75 Å². The number of carbonyl (C=O) groups is 2. The molecule has 1 aromatic carbocycles. The van der Waals surface area contributed by atoms with Crippen LogP contribution in [-0.4, -0.2) is 55.7 Å². The normalized spacial score (nSPS) is 12.4. The fraction of sp³-hybridized carbons (Fsp3) is 0.619. The van der Waals surface area contributed by atoms with Crippen LogP contribution >= 0.6 is 0 Å². The topological polar surface area (TPSA) is 67.9 Å².